The van der Waals surface area contributed by atoms with E-state index in [1.807, 2.05) is 12.1 Å². The molecule has 2 rings (SSSR count). The number of hydrogen-bond acceptors (Lipinski definition) is 4. The van der Waals surface area contributed by atoms with Gasteiger partial charge in [0.05, 0.1) is 16.7 Å². The Morgan fingerprint density at radius 1 is 0.964 bits per heavy atom. The van der Waals surface area contributed by atoms with E-state index in [1.165, 1.54) is 11.1 Å². The first-order valence-electron chi connectivity index (χ1n) is 9.60. The molecule has 148 valence electrons. The fourth-order valence-corrected chi connectivity index (χ4v) is 3.74. The summed E-state index contributed by atoms with van der Waals surface area (Å²) in [5, 5.41) is 0. The Kier molecular flexibility index (Phi) is 11.4. The summed E-state index contributed by atoms with van der Waals surface area (Å²) in [6, 6.07) is 18.6. The molecule has 0 heterocycles. The summed E-state index contributed by atoms with van der Waals surface area (Å²) in [5.74, 6) is 1.36. The SMILES string of the molecule is CCC(CCC(C)c1ccc(OCCCS(=O)(=O)[O-])cc1)c1ccccc1.[Na+]. The molecular weight excluding hydrogens is 383 g/mol. The normalized spacial score (nSPS) is 13.4. The second-order valence-corrected chi connectivity index (χ2v) is 8.55. The zero-order valence-corrected chi connectivity index (χ0v) is 20.0. The first-order chi connectivity index (χ1) is 12.9. The molecule has 28 heavy (non-hydrogen) atoms. The molecular formula is C22H29NaO4S. The van der Waals surface area contributed by atoms with Crippen molar-refractivity contribution in [3.8, 4) is 5.75 Å². The molecule has 0 saturated heterocycles. The van der Waals surface area contributed by atoms with E-state index in [2.05, 4.69) is 56.3 Å². The maximum Gasteiger partial charge on any atom is 1.00 e. The summed E-state index contributed by atoms with van der Waals surface area (Å²) in [6.45, 7) is 4.71. The number of rotatable bonds is 11. The molecule has 0 spiro atoms. The Labute approximate surface area is 191 Å². The van der Waals surface area contributed by atoms with Crippen molar-refractivity contribution in [1.29, 1.82) is 0 Å². The molecule has 0 N–H and O–H groups in total. The van der Waals surface area contributed by atoms with Gasteiger partial charge in [-0.1, -0.05) is 56.3 Å². The molecule has 0 amide bonds. The van der Waals surface area contributed by atoms with Crippen LogP contribution in [-0.2, 0) is 10.1 Å². The summed E-state index contributed by atoms with van der Waals surface area (Å²) in [5.41, 5.74) is 2.68. The third kappa shape index (κ3) is 9.10. The van der Waals surface area contributed by atoms with Gasteiger partial charge in [-0.05, 0) is 60.8 Å². The largest absolute Gasteiger partial charge is 1.00 e. The fraction of sp³-hybridized carbons (Fsp3) is 0.455. The predicted molar refractivity (Wildman–Crippen MR) is 108 cm³/mol. The van der Waals surface area contributed by atoms with Crippen molar-refractivity contribution >= 4 is 10.1 Å². The van der Waals surface area contributed by atoms with Crippen LogP contribution in [0.25, 0.3) is 0 Å². The molecule has 6 heteroatoms. The first-order valence-corrected chi connectivity index (χ1v) is 11.2. The van der Waals surface area contributed by atoms with Gasteiger partial charge in [0.2, 0.25) is 0 Å². The van der Waals surface area contributed by atoms with Gasteiger partial charge in [-0.2, -0.15) is 0 Å². The van der Waals surface area contributed by atoms with Gasteiger partial charge in [-0.25, -0.2) is 8.42 Å². The predicted octanol–water partition coefficient (Wildman–Crippen LogP) is 2.08. The minimum atomic E-state index is -4.16. The van der Waals surface area contributed by atoms with E-state index in [-0.39, 0.29) is 48.3 Å². The zero-order valence-electron chi connectivity index (χ0n) is 17.1. The molecule has 2 unspecified atom stereocenters. The minimum absolute atomic E-state index is 0. The van der Waals surface area contributed by atoms with Crippen LogP contribution < -0.4 is 34.3 Å². The summed E-state index contributed by atoms with van der Waals surface area (Å²) >= 11 is 0. The van der Waals surface area contributed by atoms with E-state index >= 15 is 0 Å². The van der Waals surface area contributed by atoms with Crippen molar-refractivity contribution in [2.75, 3.05) is 12.4 Å². The summed E-state index contributed by atoms with van der Waals surface area (Å²) in [7, 11) is -4.16. The van der Waals surface area contributed by atoms with Gasteiger partial charge in [0.1, 0.15) is 5.75 Å². The maximum absolute atomic E-state index is 10.6. The molecule has 0 aliphatic carbocycles. The molecule has 0 fully saturated rings. The molecule has 2 aromatic rings. The minimum Gasteiger partial charge on any atom is -0.748 e. The molecule has 2 aromatic carbocycles. The van der Waals surface area contributed by atoms with E-state index in [0.717, 1.165) is 19.3 Å². The molecule has 4 nitrogen and oxygen atoms in total. The molecule has 0 bridgehead atoms. The van der Waals surface area contributed by atoms with E-state index in [1.54, 1.807) is 0 Å². The maximum atomic E-state index is 10.6. The Morgan fingerprint density at radius 3 is 2.18 bits per heavy atom. The van der Waals surface area contributed by atoms with E-state index in [9.17, 15) is 13.0 Å². The van der Waals surface area contributed by atoms with Gasteiger partial charge in [0.15, 0.2) is 0 Å². The van der Waals surface area contributed by atoms with Crippen LogP contribution in [0, 0.1) is 0 Å². The topological polar surface area (TPSA) is 66.4 Å². The van der Waals surface area contributed by atoms with Crippen molar-refractivity contribution in [1.82, 2.24) is 0 Å². The van der Waals surface area contributed by atoms with Crippen LogP contribution in [0.4, 0.5) is 0 Å². The van der Waals surface area contributed by atoms with Crippen LogP contribution in [0.2, 0.25) is 0 Å². The molecule has 0 aliphatic rings. The van der Waals surface area contributed by atoms with Gasteiger partial charge in [-0.3, -0.25) is 0 Å². The van der Waals surface area contributed by atoms with Crippen LogP contribution in [0.1, 0.15) is 62.5 Å². The smallest absolute Gasteiger partial charge is 0.748 e. The van der Waals surface area contributed by atoms with Crippen molar-refractivity contribution in [2.24, 2.45) is 0 Å². The van der Waals surface area contributed by atoms with Gasteiger partial charge in [0, 0.05) is 5.75 Å². The van der Waals surface area contributed by atoms with Gasteiger partial charge >= 0.3 is 29.6 Å². The second-order valence-electron chi connectivity index (χ2n) is 7.03. The quantitative estimate of drug-likeness (QED) is 0.322. The van der Waals surface area contributed by atoms with Crippen LogP contribution >= 0.6 is 0 Å². The standard InChI is InChI=1S/C22H30O4S.Na/c1-3-19(21-8-5-4-6-9-21)11-10-18(2)20-12-14-22(15-13-20)26-16-7-17-27(23,24)25;/h4-6,8-9,12-15,18-19H,3,7,10-11,16-17H2,1-2H3,(H,23,24,25);/q;+1/p-1. The van der Waals surface area contributed by atoms with Crippen molar-refractivity contribution in [3.63, 3.8) is 0 Å². The molecule has 2 atom stereocenters. The summed E-state index contributed by atoms with van der Waals surface area (Å²) < 4.78 is 37.2. The first kappa shape index (κ1) is 25.2. The number of hydrogen-bond donors (Lipinski definition) is 0. The van der Waals surface area contributed by atoms with Crippen LogP contribution in [-0.4, -0.2) is 25.3 Å². The Balaban J connectivity index is 0.00000392. The molecule has 0 aliphatic heterocycles. The van der Waals surface area contributed by atoms with Gasteiger partial charge < -0.3 is 9.29 Å². The second kappa shape index (κ2) is 12.7. The Bertz CT molecular complexity index is 776. The average Bonchev–Trinajstić information content (AvgIpc) is 2.66. The van der Waals surface area contributed by atoms with Gasteiger partial charge in [0.25, 0.3) is 0 Å². The van der Waals surface area contributed by atoms with Crippen LogP contribution in [0.15, 0.2) is 54.6 Å². The van der Waals surface area contributed by atoms with Gasteiger partial charge in [-0.15, -0.1) is 0 Å². The Hall–Kier alpha value is -0.850. The van der Waals surface area contributed by atoms with Crippen molar-refractivity contribution < 1.29 is 47.3 Å². The number of ether oxygens (including phenoxy) is 1. The number of benzene rings is 2. The molecule has 0 saturated carbocycles. The van der Waals surface area contributed by atoms with Crippen LogP contribution in [0.3, 0.4) is 0 Å². The molecule has 0 aromatic heterocycles. The van der Waals surface area contributed by atoms with Crippen molar-refractivity contribution in [3.05, 3.63) is 65.7 Å². The summed E-state index contributed by atoms with van der Waals surface area (Å²) in [4.78, 5) is 0. The zero-order chi connectivity index (χ0) is 19.7. The third-order valence-corrected chi connectivity index (χ3v) is 5.76. The van der Waals surface area contributed by atoms with Crippen molar-refractivity contribution in [2.45, 2.75) is 51.4 Å². The monoisotopic (exact) mass is 412 g/mol. The average molecular weight is 413 g/mol. The Morgan fingerprint density at radius 2 is 1.61 bits per heavy atom. The van der Waals surface area contributed by atoms with E-state index in [4.69, 9.17) is 4.74 Å². The van der Waals surface area contributed by atoms with E-state index < -0.39 is 10.1 Å². The fourth-order valence-electron chi connectivity index (χ4n) is 3.27. The van der Waals surface area contributed by atoms with Crippen LogP contribution in [0.5, 0.6) is 5.75 Å². The molecule has 0 radical (unpaired) electrons. The summed E-state index contributed by atoms with van der Waals surface area (Å²) in [6.07, 6.45) is 3.63. The third-order valence-electron chi connectivity index (χ3n) is 4.97. The van der Waals surface area contributed by atoms with E-state index in [0.29, 0.717) is 17.6 Å².